The van der Waals surface area contributed by atoms with E-state index in [1.807, 2.05) is 12.1 Å². The number of nitrogens with zero attached hydrogens (tertiary/aromatic N) is 1. The Morgan fingerprint density at radius 3 is 2.71 bits per heavy atom. The number of rotatable bonds is 6. The smallest absolute Gasteiger partial charge is 0.165 e. The Balaban J connectivity index is 1.79. The lowest BCUT2D eigenvalue weighted by Crippen LogP contribution is -2.35. The third kappa shape index (κ3) is 5.08. The van der Waals surface area contributed by atoms with Crippen LogP contribution in [0.5, 0.6) is 0 Å². The fraction of sp³-hybridized carbons (Fsp3) is 0.588. The summed E-state index contributed by atoms with van der Waals surface area (Å²) in [6.45, 7) is 5.37. The summed E-state index contributed by atoms with van der Waals surface area (Å²) in [6.07, 6.45) is 5.74. The molecular formula is C17H23BrClNO. The van der Waals surface area contributed by atoms with Gasteiger partial charge in [0.15, 0.2) is 5.78 Å². The Morgan fingerprint density at radius 2 is 2.10 bits per heavy atom. The number of Topliss-reactive ketones (excluding diaryl/α,β-unsaturated/α-hetero) is 1. The second-order valence-corrected chi connectivity index (χ2v) is 7.19. The van der Waals surface area contributed by atoms with Crippen molar-refractivity contribution >= 4 is 33.3 Å². The zero-order chi connectivity index (χ0) is 15.2. The van der Waals surface area contributed by atoms with Crippen LogP contribution in [0.25, 0.3) is 0 Å². The number of likely N-dealkylation sites (tertiary alicyclic amines) is 1. The monoisotopic (exact) mass is 371 g/mol. The zero-order valence-corrected chi connectivity index (χ0v) is 14.9. The largest absolute Gasteiger partial charge is 0.303 e. The van der Waals surface area contributed by atoms with E-state index in [4.69, 9.17) is 11.6 Å². The van der Waals surface area contributed by atoms with E-state index in [0.717, 1.165) is 30.0 Å². The van der Waals surface area contributed by atoms with E-state index in [1.54, 1.807) is 6.07 Å². The molecule has 1 fully saturated rings. The van der Waals surface area contributed by atoms with Gasteiger partial charge in [-0.2, -0.15) is 0 Å². The second kappa shape index (κ2) is 8.30. The van der Waals surface area contributed by atoms with Gasteiger partial charge in [0.05, 0.1) is 5.02 Å². The van der Waals surface area contributed by atoms with Gasteiger partial charge in [0.2, 0.25) is 0 Å². The molecular weight excluding hydrogens is 350 g/mol. The number of piperidine rings is 1. The number of benzene rings is 1. The molecule has 21 heavy (non-hydrogen) atoms. The van der Waals surface area contributed by atoms with Crippen molar-refractivity contribution in [1.82, 2.24) is 4.90 Å². The summed E-state index contributed by atoms with van der Waals surface area (Å²) in [5, 5.41) is 0.538. The van der Waals surface area contributed by atoms with Gasteiger partial charge in [0.1, 0.15) is 0 Å². The molecule has 0 atom stereocenters. The highest BCUT2D eigenvalue weighted by Gasteiger charge is 2.19. The summed E-state index contributed by atoms with van der Waals surface area (Å²) in [7, 11) is 0. The van der Waals surface area contributed by atoms with E-state index >= 15 is 0 Å². The third-order valence-electron chi connectivity index (χ3n) is 4.29. The van der Waals surface area contributed by atoms with Gasteiger partial charge < -0.3 is 4.90 Å². The number of carbonyl (C=O) groups excluding carboxylic acids is 1. The van der Waals surface area contributed by atoms with Crippen LogP contribution in [-0.4, -0.2) is 30.3 Å². The van der Waals surface area contributed by atoms with Crippen LogP contribution in [0.3, 0.4) is 0 Å². The molecule has 1 aliphatic rings. The molecule has 1 aromatic rings. The van der Waals surface area contributed by atoms with Crippen LogP contribution in [0.1, 0.15) is 49.4 Å². The Morgan fingerprint density at radius 1 is 1.38 bits per heavy atom. The maximum Gasteiger partial charge on any atom is 0.165 e. The molecule has 0 bridgehead atoms. The Kier molecular flexibility index (Phi) is 6.72. The summed E-state index contributed by atoms with van der Waals surface area (Å²) in [6, 6.07) is 5.46. The molecule has 0 saturated carbocycles. The van der Waals surface area contributed by atoms with Gasteiger partial charge in [0.25, 0.3) is 0 Å². The van der Waals surface area contributed by atoms with Crippen molar-refractivity contribution in [3.05, 3.63) is 33.3 Å². The first-order valence-electron chi connectivity index (χ1n) is 7.80. The van der Waals surface area contributed by atoms with Crippen LogP contribution in [0, 0.1) is 5.92 Å². The SMILES string of the molecule is CCCC1CCN(CCC(=O)c2ccc(Br)cc2Cl)CC1. The van der Waals surface area contributed by atoms with Gasteiger partial charge in [-0.25, -0.2) is 0 Å². The average molecular weight is 373 g/mol. The van der Waals surface area contributed by atoms with Crippen LogP contribution in [0.15, 0.2) is 22.7 Å². The maximum atomic E-state index is 12.3. The van der Waals surface area contributed by atoms with Gasteiger partial charge >= 0.3 is 0 Å². The van der Waals surface area contributed by atoms with Crippen LogP contribution >= 0.6 is 27.5 Å². The highest BCUT2D eigenvalue weighted by Crippen LogP contribution is 2.24. The summed E-state index contributed by atoms with van der Waals surface area (Å²) in [4.78, 5) is 14.7. The van der Waals surface area contributed by atoms with Crippen molar-refractivity contribution < 1.29 is 4.79 Å². The van der Waals surface area contributed by atoms with Gasteiger partial charge in [0, 0.05) is 23.0 Å². The van der Waals surface area contributed by atoms with E-state index in [9.17, 15) is 4.79 Å². The zero-order valence-electron chi connectivity index (χ0n) is 12.6. The van der Waals surface area contributed by atoms with E-state index in [1.165, 1.54) is 25.7 Å². The van der Waals surface area contributed by atoms with Crippen LogP contribution in [-0.2, 0) is 0 Å². The minimum absolute atomic E-state index is 0.142. The van der Waals surface area contributed by atoms with Crippen LogP contribution in [0.4, 0.5) is 0 Å². The van der Waals surface area contributed by atoms with Crippen LogP contribution < -0.4 is 0 Å². The van der Waals surface area contributed by atoms with Gasteiger partial charge in [-0.05, 0) is 50.0 Å². The van der Waals surface area contributed by atoms with E-state index in [-0.39, 0.29) is 5.78 Å². The number of hydrogen-bond acceptors (Lipinski definition) is 2. The second-order valence-electron chi connectivity index (χ2n) is 5.87. The van der Waals surface area contributed by atoms with Gasteiger partial charge in [-0.1, -0.05) is 47.3 Å². The number of ketones is 1. The summed E-state index contributed by atoms with van der Waals surface area (Å²) in [5.41, 5.74) is 0.640. The number of carbonyl (C=O) groups is 1. The standard InChI is InChI=1S/C17H23BrClNO/c1-2-3-13-6-9-20(10-7-13)11-8-17(21)15-5-4-14(18)12-16(15)19/h4-5,12-13H,2-3,6-11H2,1H3. The third-order valence-corrected chi connectivity index (χ3v) is 5.10. The molecule has 116 valence electrons. The quantitative estimate of drug-likeness (QED) is 0.641. The first-order chi connectivity index (χ1) is 10.1. The summed E-state index contributed by atoms with van der Waals surface area (Å²) < 4.78 is 0.905. The topological polar surface area (TPSA) is 20.3 Å². The number of hydrogen-bond donors (Lipinski definition) is 0. The summed E-state index contributed by atoms with van der Waals surface area (Å²) in [5.74, 6) is 1.03. The van der Waals surface area contributed by atoms with Crippen molar-refractivity contribution in [2.45, 2.75) is 39.0 Å². The van der Waals surface area contributed by atoms with E-state index in [0.29, 0.717) is 17.0 Å². The normalized spacial score (nSPS) is 17.1. The molecule has 0 unspecified atom stereocenters. The maximum absolute atomic E-state index is 12.3. The Hall–Kier alpha value is -0.380. The molecule has 0 radical (unpaired) electrons. The van der Waals surface area contributed by atoms with Crippen LogP contribution in [0.2, 0.25) is 5.02 Å². The Bertz CT molecular complexity index is 484. The molecule has 1 aliphatic heterocycles. The lowest BCUT2D eigenvalue weighted by Gasteiger charge is -2.31. The van der Waals surface area contributed by atoms with Crippen molar-refractivity contribution in [2.75, 3.05) is 19.6 Å². The van der Waals surface area contributed by atoms with Crippen molar-refractivity contribution in [2.24, 2.45) is 5.92 Å². The fourth-order valence-corrected chi connectivity index (χ4v) is 3.80. The summed E-state index contributed by atoms with van der Waals surface area (Å²) >= 11 is 9.50. The lowest BCUT2D eigenvalue weighted by molar-refractivity contribution is 0.0950. The molecule has 0 aliphatic carbocycles. The predicted octanol–water partition coefficient (Wildman–Crippen LogP) is 5.19. The molecule has 4 heteroatoms. The molecule has 0 N–H and O–H groups in total. The molecule has 1 saturated heterocycles. The molecule has 0 aromatic heterocycles. The first kappa shape index (κ1) is 17.0. The van der Waals surface area contributed by atoms with Crippen molar-refractivity contribution in [1.29, 1.82) is 0 Å². The minimum atomic E-state index is 0.142. The van der Waals surface area contributed by atoms with Gasteiger partial charge in [-0.15, -0.1) is 0 Å². The lowest BCUT2D eigenvalue weighted by atomic mass is 9.92. The minimum Gasteiger partial charge on any atom is -0.303 e. The average Bonchev–Trinajstić information content (AvgIpc) is 2.46. The molecule has 2 rings (SSSR count). The predicted molar refractivity (Wildman–Crippen MR) is 92.2 cm³/mol. The molecule has 0 spiro atoms. The van der Waals surface area contributed by atoms with E-state index < -0.39 is 0 Å². The molecule has 2 nitrogen and oxygen atoms in total. The number of halogens is 2. The van der Waals surface area contributed by atoms with Crippen molar-refractivity contribution in [3.8, 4) is 0 Å². The molecule has 1 heterocycles. The fourth-order valence-electron chi connectivity index (χ4n) is 3.02. The van der Waals surface area contributed by atoms with Gasteiger partial charge in [-0.3, -0.25) is 4.79 Å². The van der Waals surface area contributed by atoms with E-state index in [2.05, 4.69) is 27.8 Å². The highest BCUT2D eigenvalue weighted by atomic mass is 79.9. The molecule has 1 aromatic carbocycles. The first-order valence-corrected chi connectivity index (χ1v) is 8.98. The van der Waals surface area contributed by atoms with Crippen molar-refractivity contribution in [3.63, 3.8) is 0 Å². The molecule has 0 amide bonds. The highest BCUT2D eigenvalue weighted by molar-refractivity contribution is 9.10. The Labute approximate surface area is 141 Å².